The van der Waals surface area contributed by atoms with Crippen molar-refractivity contribution in [2.75, 3.05) is 39.3 Å². The Kier molecular flexibility index (Phi) is 17.7. The smallest absolute Gasteiger partial charge is 0.410 e. The Morgan fingerprint density at radius 3 is 1.45 bits per heavy atom. The van der Waals surface area contributed by atoms with Crippen molar-refractivity contribution >= 4 is 17.9 Å². The van der Waals surface area contributed by atoms with Gasteiger partial charge >= 0.3 is 12.2 Å². The van der Waals surface area contributed by atoms with Crippen molar-refractivity contribution in [3.63, 3.8) is 0 Å². The zero-order valence-electron chi connectivity index (χ0n) is 37.8. The number of hydrogen-bond donors (Lipinski definition) is 5. The molecular formula is C49H62F4N6O6. The normalized spacial score (nSPS) is 18.6. The molecule has 0 aliphatic carbocycles. The van der Waals surface area contributed by atoms with E-state index in [0.717, 1.165) is 23.3 Å². The van der Waals surface area contributed by atoms with E-state index < -0.39 is 83.0 Å². The number of aliphatic hydroxyl groups is 2. The van der Waals surface area contributed by atoms with Gasteiger partial charge in [0.05, 0.1) is 36.0 Å². The van der Waals surface area contributed by atoms with Crippen LogP contribution in [0.2, 0.25) is 0 Å². The first-order valence-corrected chi connectivity index (χ1v) is 21.8. The minimum atomic E-state index is -1.17. The van der Waals surface area contributed by atoms with Crippen LogP contribution < -0.4 is 16.4 Å². The average molecular weight is 907 g/mol. The molecule has 0 aromatic heterocycles. The monoisotopic (exact) mass is 906 g/mol. The summed E-state index contributed by atoms with van der Waals surface area (Å²) >= 11 is 0. The largest absolute Gasteiger partial charge is 0.444 e. The molecule has 4 aromatic carbocycles. The molecule has 6 atom stereocenters. The highest BCUT2D eigenvalue weighted by Gasteiger charge is 2.39. The fourth-order valence-corrected chi connectivity index (χ4v) is 7.71. The highest BCUT2D eigenvalue weighted by atomic mass is 19.1. The molecule has 2 saturated heterocycles. The fraction of sp³-hybridized carbons (Fsp3) is 0.449. The Morgan fingerprint density at radius 2 is 1.05 bits per heavy atom. The van der Waals surface area contributed by atoms with Crippen molar-refractivity contribution in [1.29, 1.82) is 0 Å². The molecule has 352 valence electrons. The number of nitrogens with zero attached hydrogens (tertiary/aromatic N) is 3. The molecule has 0 spiro atoms. The predicted octanol–water partition coefficient (Wildman–Crippen LogP) is 6.39. The third kappa shape index (κ3) is 15.4. The van der Waals surface area contributed by atoms with Crippen LogP contribution in [-0.4, -0.2) is 125 Å². The summed E-state index contributed by atoms with van der Waals surface area (Å²) in [5.41, 5.74) is 7.70. The van der Waals surface area contributed by atoms with Crippen LogP contribution in [0, 0.1) is 23.3 Å². The van der Waals surface area contributed by atoms with Gasteiger partial charge in [-0.15, -0.1) is 0 Å². The van der Waals surface area contributed by atoms with Gasteiger partial charge in [0.15, 0.2) is 0 Å². The number of nitrogens with one attached hydrogen (secondary N) is 2. The number of hydrogen-bond acceptors (Lipinski definition) is 10. The molecule has 2 aliphatic heterocycles. The summed E-state index contributed by atoms with van der Waals surface area (Å²) in [6, 6.07) is 22.6. The number of rotatable bonds is 11. The van der Waals surface area contributed by atoms with Crippen molar-refractivity contribution in [1.82, 2.24) is 20.4 Å². The number of ether oxygens (including phenoxy) is 2. The standard InChI is InChI=1S/C31H35F2N3O3.C18H27F2N3O3/c1-31(2,3)39-30(38)36-15-14-34-20-27(36)29(37)26(18-21-16-24(32)19-25(33)17-21)35-28(22-10-6-4-7-11-22)23-12-8-5-9-13-23;1-18(2,3)26-17(25)23-5-4-22-10-15(23)16(24)14(21)8-11-6-12(19)9-13(20)7-11/h4-13,16-17,19,26-27,29,34,37H,14-15,18,20H2,1-3H3;6-7,9,14-16,22,24H,4-5,8,10,21H2,1-3H3/t26?,27-,29+;14?,15-,16+/m11/s1. The van der Waals surface area contributed by atoms with E-state index in [0.29, 0.717) is 56.1 Å². The molecule has 0 bridgehead atoms. The maximum atomic E-state index is 14.1. The Bertz CT molecular complexity index is 2120. The molecule has 2 aliphatic rings. The molecule has 6 rings (SSSR count). The number of halogens is 4. The summed E-state index contributed by atoms with van der Waals surface area (Å²) in [6.45, 7) is 13.2. The molecule has 2 heterocycles. The van der Waals surface area contributed by atoms with Crippen LogP contribution in [0.4, 0.5) is 27.2 Å². The maximum Gasteiger partial charge on any atom is 0.410 e. The Hall–Kier alpha value is -5.39. The summed E-state index contributed by atoms with van der Waals surface area (Å²) in [4.78, 5) is 33.5. The first-order chi connectivity index (χ1) is 30.7. The maximum absolute atomic E-state index is 14.1. The summed E-state index contributed by atoms with van der Waals surface area (Å²) in [6.07, 6.45) is -3.17. The highest BCUT2D eigenvalue weighted by Crippen LogP contribution is 2.24. The quantitative estimate of drug-likeness (QED) is 0.0849. The van der Waals surface area contributed by atoms with Crippen molar-refractivity contribution in [2.24, 2.45) is 10.7 Å². The first kappa shape index (κ1) is 50.6. The molecule has 16 heteroatoms. The summed E-state index contributed by atoms with van der Waals surface area (Å²) in [5.74, 6) is -2.81. The van der Waals surface area contributed by atoms with Gasteiger partial charge in [0, 0.05) is 68.6 Å². The molecule has 2 fully saturated rings. The van der Waals surface area contributed by atoms with Gasteiger partial charge in [0.1, 0.15) is 34.5 Å². The Morgan fingerprint density at radius 1 is 0.662 bits per heavy atom. The summed E-state index contributed by atoms with van der Waals surface area (Å²) in [5, 5.41) is 28.8. The molecule has 12 nitrogen and oxygen atoms in total. The molecule has 65 heavy (non-hydrogen) atoms. The Labute approximate surface area is 378 Å². The second-order valence-corrected chi connectivity index (χ2v) is 18.3. The van der Waals surface area contributed by atoms with Gasteiger partial charge in [-0.05, 0) is 89.8 Å². The van der Waals surface area contributed by atoms with E-state index in [1.807, 2.05) is 60.7 Å². The van der Waals surface area contributed by atoms with Gasteiger partial charge in [-0.2, -0.15) is 0 Å². The topological polar surface area (TPSA) is 162 Å². The van der Waals surface area contributed by atoms with Crippen LogP contribution in [0.15, 0.2) is 102 Å². The van der Waals surface area contributed by atoms with Crippen LogP contribution in [-0.2, 0) is 22.3 Å². The second-order valence-electron chi connectivity index (χ2n) is 18.3. The fourth-order valence-electron chi connectivity index (χ4n) is 7.71. The van der Waals surface area contributed by atoms with Crippen molar-refractivity contribution in [3.05, 3.63) is 143 Å². The van der Waals surface area contributed by atoms with Crippen LogP contribution in [0.25, 0.3) is 0 Å². The van der Waals surface area contributed by atoms with E-state index in [1.54, 1.807) is 41.5 Å². The third-order valence-corrected chi connectivity index (χ3v) is 10.6. The molecule has 4 aromatic rings. The van der Waals surface area contributed by atoms with Crippen molar-refractivity contribution in [2.45, 2.75) is 102 Å². The molecule has 0 saturated carbocycles. The van der Waals surface area contributed by atoms with Crippen LogP contribution in [0.3, 0.4) is 0 Å². The number of amides is 2. The highest BCUT2D eigenvalue weighted by molar-refractivity contribution is 6.13. The molecule has 6 N–H and O–H groups in total. The number of carbonyl (C=O) groups excluding carboxylic acids is 2. The van der Waals surface area contributed by atoms with Gasteiger partial charge < -0.3 is 36.1 Å². The van der Waals surface area contributed by atoms with E-state index in [9.17, 15) is 37.4 Å². The number of carbonyl (C=O) groups is 2. The molecule has 2 amide bonds. The zero-order chi connectivity index (χ0) is 47.5. The number of benzene rings is 4. The SMILES string of the molecule is CC(C)(C)OC(=O)N1CCNC[C@@H]1[C@@H](O)C(Cc1cc(F)cc(F)c1)N=C(c1ccccc1)c1ccccc1.CC(C)(C)OC(=O)N1CCNC[C@@H]1[C@@H](O)C(N)Cc1cc(F)cc(F)c1. The minimum absolute atomic E-state index is 0.0532. The van der Waals surface area contributed by atoms with Crippen LogP contribution in [0.5, 0.6) is 0 Å². The van der Waals surface area contributed by atoms with Crippen LogP contribution in [0.1, 0.15) is 63.8 Å². The van der Waals surface area contributed by atoms with E-state index in [4.69, 9.17) is 20.2 Å². The van der Waals surface area contributed by atoms with E-state index in [2.05, 4.69) is 10.6 Å². The average Bonchev–Trinajstić information content (AvgIpc) is 3.23. The number of aliphatic hydroxyl groups excluding tert-OH is 2. The third-order valence-electron chi connectivity index (χ3n) is 10.6. The minimum Gasteiger partial charge on any atom is -0.444 e. The lowest BCUT2D eigenvalue weighted by Gasteiger charge is -2.41. The molecular weight excluding hydrogens is 845 g/mol. The van der Waals surface area contributed by atoms with E-state index in [1.165, 1.54) is 34.1 Å². The lowest BCUT2D eigenvalue weighted by atomic mass is 9.93. The second kappa shape index (κ2) is 22.7. The van der Waals surface area contributed by atoms with Gasteiger partial charge in [0.25, 0.3) is 0 Å². The molecule has 2 unspecified atom stereocenters. The van der Waals surface area contributed by atoms with Gasteiger partial charge in [-0.25, -0.2) is 27.2 Å². The van der Waals surface area contributed by atoms with Crippen LogP contribution >= 0.6 is 0 Å². The summed E-state index contributed by atoms with van der Waals surface area (Å²) < 4.78 is 66.0. The Balaban J connectivity index is 0.000000265. The van der Waals surface area contributed by atoms with Crippen molar-refractivity contribution in [3.8, 4) is 0 Å². The zero-order valence-corrected chi connectivity index (χ0v) is 37.8. The predicted molar refractivity (Wildman–Crippen MR) is 242 cm³/mol. The lowest BCUT2D eigenvalue weighted by molar-refractivity contribution is -0.0177. The van der Waals surface area contributed by atoms with Gasteiger partial charge in [0.2, 0.25) is 0 Å². The van der Waals surface area contributed by atoms with Gasteiger partial charge in [-0.3, -0.25) is 14.8 Å². The van der Waals surface area contributed by atoms with E-state index in [-0.39, 0.29) is 12.8 Å². The van der Waals surface area contributed by atoms with Crippen molar-refractivity contribution < 1.29 is 46.8 Å². The number of aliphatic imine (C=N–C) groups is 1. The first-order valence-electron chi connectivity index (χ1n) is 21.8. The summed E-state index contributed by atoms with van der Waals surface area (Å²) in [7, 11) is 0. The number of nitrogens with two attached hydrogens (primary N) is 1. The molecule has 0 radical (unpaired) electrons. The van der Waals surface area contributed by atoms with Gasteiger partial charge in [-0.1, -0.05) is 60.7 Å². The lowest BCUT2D eigenvalue weighted by Crippen LogP contribution is -2.62. The number of piperazine rings is 2. The van der Waals surface area contributed by atoms with E-state index >= 15 is 0 Å².